The Kier molecular flexibility index (Phi) is 3.78. The van der Waals surface area contributed by atoms with E-state index in [4.69, 9.17) is 0 Å². The predicted octanol–water partition coefficient (Wildman–Crippen LogP) is 2.30. The number of hydrogen-bond donors (Lipinski definition) is 2. The minimum Gasteiger partial charge on any atom is -0.388 e. The molecule has 1 aliphatic heterocycles. The van der Waals surface area contributed by atoms with Gasteiger partial charge in [-0.05, 0) is 19.8 Å². The van der Waals surface area contributed by atoms with Crippen LogP contribution >= 0.6 is 0 Å². The number of likely N-dealkylation sites (tertiary alicyclic amines) is 1. The van der Waals surface area contributed by atoms with Crippen LogP contribution in [0.3, 0.4) is 0 Å². The number of amides is 1. The van der Waals surface area contributed by atoms with E-state index in [1.54, 1.807) is 11.1 Å². The number of nitrogens with one attached hydrogen (secondary N) is 1. The van der Waals surface area contributed by atoms with Gasteiger partial charge in [-0.3, -0.25) is 9.89 Å². The number of carbonyl (C=O) groups is 1. The van der Waals surface area contributed by atoms with E-state index >= 15 is 0 Å². The van der Waals surface area contributed by atoms with Gasteiger partial charge >= 0.3 is 0 Å². The van der Waals surface area contributed by atoms with Gasteiger partial charge in [-0.25, -0.2) is 0 Å². The SMILES string of the molecule is C[C@@H]1CN(C(=O)c2cn[nH]c2C2CCCCC2)C[C@]1(C)O. The summed E-state index contributed by atoms with van der Waals surface area (Å²) in [6, 6.07) is 0. The zero-order valence-corrected chi connectivity index (χ0v) is 12.9. The Morgan fingerprint density at radius 1 is 1.43 bits per heavy atom. The molecule has 0 spiro atoms. The lowest BCUT2D eigenvalue weighted by atomic mass is 9.85. The van der Waals surface area contributed by atoms with Crippen LogP contribution in [0.4, 0.5) is 0 Å². The predicted molar refractivity (Wildman–Crippen MR) is 80.1 cm³/mol. The molecular formula is C16H25N3O2. The van der Waals surface area contributed by atoms with E-state index in [9.17, 15) is 9.90 Å². The molecule has 5 heteroatoms. The van der Waals surface area contributed by atoms with Gasteiger partial charge in [-0.15, -0.1) is 0 Å². The molecule has 5 nitrogen and oxygen atoms in total. The molecule has 2 aliphatic rings. The molecule has 2 atom stereocenters. The zero-order chi connectivity index (χ0) is 15.0. The average molecular weight is 291 g/mol. The highest BCUT2D eigenvalue weighted by Crippen LogP contribution is 2.34. The fourth-order valence-electron chi connectivity index (χ4n) is 3.63. The van der Waals surface area contributed by atoms with E-state index < -0.39 is 5.60 Å². The van der Waals surface area contributed by atoms with Crippen LogP contribution in [0.5, 0.6) is 0 Å². The molecule has 1 saturated carbocycles. The van der Waals surface area contributed by atoms with Crippen molar-refractivity contribution in [2.75, 3.05) is 13.1 Å². The minimum absolute atomic E-state index is 0.00829. The number of aromatic nitrogens is 2. The van der Waals surface area contributed by atoms with Gasteiger partial charge < -0.3 is 10.0 Å². The second-order valence-corrected chi connectivity index (χ2v) is 6.98. The van der Waals surface area contributed by atoms with Crippen LogP contribution in [0.1, 0.15) is 67.9 Å². The average Bonchev–Trinajstić information content (AvgIpc) is 3.04. The Morgan fingerprint density at radius 3 is 2.76 bits per heavy atom. The Balaban J connectivity index is 1.78. The molecule has 1 aromatic rings. The summed E-state index contributed by atoms with van der Waals surface area (Å²) in [6.07, 6.45) is 7.68. The molecule has 2 fully saturated rings. The Morgan fingerprint density at radius 2 is 2.14 bits per heavy atom. The summed E-state index contributed by atoms with van der Waals surface area (Å²) in [7, 11) is 0. The molecule has 3 rings (SSSR count). The third-order valence-corrected chi connectivity index (χ3v) is 5.27. The van der Waals surface area contributed by atoms with Crippen molar-refractivity contribution in [3.05, 3.63) is 17.5 Å². The van der Waals surface area contributed by atoms with E-state index in [2.05, 4.69) is 10.2 Å². The monoisotopic (exact) mass is 291 g/mol. The number of rotatable bonds is 2. The second kappa shape index (κ2) is 5.44. The smallest absolute Gasteiger partial charge is 0.257 e. The lowest BCUT2D eigenvalue weighted by Gasteiger charge is -2.23. The molecule has 116 valence electrons. The maximum Gasteiger partial charge on any atom is 0.257 e. The molecule has 1 saturated heterocycles. The minimum atomic E-state index is -0.787. The molecular weight excluding hydrogens is 266 g/mol. The number of aromatic amines is 1. The number of hydrogen-bond acceptors (Lipinski definition) is 3. The first-order chi connectivity index (χ1) is 9.99. The Bertz CT molecular complexity index is 517. The van der Waals surface area contributed by atoms with Crippen molar-refractivity contribution in [2.24, 2.45) is 5.92 Å². The van der Waals surface area contributed by atoms with Crippen molar-refractivity contribution in [3.63, 3.8) is 0 Å². The summed E-state index contributed by atoms with van der Waals surface area (Å²) in [5, 5.41) is 17.4. The normalized spacial score (nSPS) is 30.8. The largest absolute Gasteiger partial charge is 0.388 e. The third-order valence-electron chi connectivity index (χ3n) is 5.27. The molecule has 0 bridgehead atoms. The van der Waals surface area contributed by atoms with Crippen molar-refractivity contribution in [1.29, 1.82) is 0 Å². The van der Waals surface area contributed by atoms with Crippen molar-refractivity contribution in [2.45, 2.75) is 57.5 Å². The Hall–Kier alpha value is -1.36. The summed E-state index contributed by atoms with van der Waals surface area (Å²) in [5.41, 5.74) is 0.912. The summed E-state index contributed by atoms with van der Waals surface area (Å²) in [6.45, 7) is 4.82. The van der Waals surface area contributed by atoms with E-state index in [-0.39, 0.29) is 11.8 Å². The molecule has 21 heavy (non-hydrogen) atoms. The quantitative estimate of drug-likeness (QED) is 0.878. The van der Waals surface area contributed by atoms with Crippen LogP contribution in [-0.4, -0.2) is 44.8 Å². The molecule has 0 aromatic carbocycles. The van der Waals surface area contributed by atoms with Crippen LogP contribution in [0.25, 0.3) is 0 Å². The summed E-state index contributed by atoms with van der Waals surface area (Å²) in [4.78, 5) is 14.5. The van der Waals surface area contributed by atoms with Crippen molar-refractivity contribution >= 4 is 5.91 Å². The van der Waals surface area contributed by atoms with Crippen molar-refractivity contribution < 1.29 is 9.90 Å². The third kappa shape index (κ3) is 2.71. The number of carbonyl (C=O) groups excluding carboxylic acids is 1. The highest BCUT2D eigenvalue weighted by molar-refractivity contribution is 5.95. The number of H-pyrrole nitrogens is 1. The van der Waals surface area contributed by atoms with Gasteiger partial charge in [-0.1, -0.05) is 26.2 Å². The fraction of sp³-hybridized carbons (Fsp3) is 0.750. The lowest BCUT2D eigenvalue weighted by molar-refractivity contribution is 0.0351. The van der Waals surface area contributed by atoms with Crippen LogP contribution in [0.2, 0.25) is 0 Å². The van der Waals surface area contributed by atoms with Crippen LogP contribution < -0.4 is 0 Å². The Labute approximate surface area is 125 Å². The van der Waals surface area contributed by atoms with Gasteiger partial charge in [0.05, 0.1) is 23.1 Å². The highest BCUT2D eigenvalue weighted by atomic mass is 16.3. The maximum atomic E-state index is 12.8. The first kappa shape index (κ1) is 14.6. The molecule has 1 aromatic heterocycles. The van der Waals surface area contributed by atoms with E-state index in [0.29, 0.717) is 24.6 Å². The van der Waals surface area contributed by atoms with Crippen molar-refractivity contribution in [1.82, 2.24) is 15.1 Å². The van der Waals surface area contributed by atoms with Gasteiger partial charge in [0.1, 0.15) is 0 Å². The molecule has 2 heterocycles. The lowest BCUT2D eigenvalue weighted by Crippen LogP contribution is -2.35. The molecule has 1 amide bonds. The molecule has 1 aliphatic carbocycles. The van der Waals surface area contributed by atoms with Crippen LogP contribution in [-0.2, 0) is 0 Å². The highest BCUT2D eigenvalue weighted by Gasteiger charge is 2.41. The number of aliphatic hydroxyl groups is 1. The van der Waals surface area contributed by atoms with Gasteiger partial charge in [0, 0.05) is 24.9 Å². The van der Waals surface area contributed by atoms with Gasteiger partial charge in [0.2, 0.25) is 0 Å². The van der Waals surface area contributed by atoms with Gasteiger partial charge in [0.15, 0.2) is 0 Å². The number of β-amino-alcohol motifs (C(OH)–C–C–N with tert-alkyl or cyclic N) is 1. The van der Waals surface area contributed by atoms with Gasteiger partial charge in [-0.2, -0.15) is 5.10 Å². The first-order valence-corrected chi connectivity index (χ1v) is 8.04. The van der Waals surface area contributed by atoms with E-state index in [1.165, 1.54) is 19.3 Å². The first-order valence-electron chi connectivity index (χ1n) is 8.04. The second-order valence-electron chi connectivity index (χ2n) is 6.98. The summed E-state index contributed by atoms with van der Waals surface area (Å²) >= 11 is 0. The standard InChI is InChI=1S/C16H25N3O2/c1-11-9-19(10-16(11,2)21)15(20)13-8-17-18-14(13)12-6-4-3-5-7-12/h8,11-12,21H,3-7,9-10H2,1-2H3,(H,17,18)/t11-,16+/m1/s1. The molecule has 0 radical (unpaired) electrons. The van der Waals surface area contributed by atoms with Crippen LogP contribution in [0, 0.1) is 5.92 Å². The van der Waals surface area contributed by atoms with Gasteiger partial charge in [0.25, 0.3) is 5.91 Å². The van der Waals surface area contributed by atoms with Crippen molar-refractivity contribution in [3.8, 4) is 0 Å². The summed E-state index contributed by atoms with van der Waals surface area (Å²) in [5.74, 6) is 0.543. The zero-order valence-electron chi connectivity index (χ0n) is 12.9. The number of nitrogens with zero attached hydrogens (tertiary/aromatic N) is 2. The molecule has 0 unspecified atom stereocenters. The topological polar surface area (TPSA) is 69.2 Å². The van der Waals surface area contributed by atoms with Crippen LogP contribution in [0.15, 0.2) is 6.20 Å². The maximum absolute atomic E-state index is 12.8. The summed E-state index contributed by atoms with van der Waals surface area (Å²) < 4.78 is 0. The van der Waals surface area contributed by atoms with E-state index in [0.717, 1.165) is 18.5 Å². The van der Waals surface area contributed by atoms with E-state index in [1.807, 2.05) is 13.8 Å². The fourth-order valence-corrected chi connectivity index (χ4v) is 3.63. The molecule has 2 N–H and O–H groups in total.